The maximum absolute atomic E-state index is 12.4. The molecule has 110 heavy (non-hydrogen) atoms. The number of benzene rings is 7. The molecular weight excluding hydrogens is 1410 g/mol. The Balaban J connectivity index is 0.000000230. The van der Waals surface area contributed by atoms with Crippen LogP contribution in [0.5, 0.6) is 34.5 Å². The number of aliphatic hydroxyl groups is 6. The molecule has 4 heterocycles. The van der Waals surface area contributed by atoms with Crippen molar-refractivity contribution in [2.75, 3.05) is 137 Å². The molecule has 0 bridgehead atoms. The van der Waals surface area contributed by atoms with Crippen LogP contribution >= 0.6 is 0 Å². The third-order valence-electron chi connectivity index (χ3n) is 17.0. The fourth-order valence-electron chi connectivity index (χ4n) is 11.2. The number of aromatic nitrogens is 8. The second kappa shape index (κ2) is 44.0. The fourth-order valence-corrected chi connectivity index (χ4v) is 11.2. The van der Waals surface area contributed by atoms with Crippen LogP contribution in [-0.2, 0) is 28.2 Å². The van der Waals surface area contributed by atoms with Gasteiger partial charge in [-0.15, -0.1) is 0 Å². The summed E-state index contributed by atoms with van der Waals surface area (Å²) in [6, 6.07) is 60.1. The average molecular weight is 1520 g/mol. The molecule has 0 saturated carbocycles. The first-order valence-corrected chi connectivity index (χ1v) is 35.2. The van der Waals surface area contributed by atoms with Crippen LogP contribution in [0.1, 0.15) is 22.8 Å². The third-order valence-corrected chi connectivity index (χ3v) is 17.0. The molecule has 6 N–H and O–H groups in total. The Labute approximate surface area is 643 Å². The predicted molar refractivity (Wildman–Crippen MR) is 435 cm³/mol. The highest BCUT2D eigenvalue weighted by Gasteiger charge is 2.21. The Morgan fingerprint density at radius 1 is 0.291 bits per heavy atom. The monoisotopic (exact) mass is 1520 g/mol. The van der Waals surface area contributed by atoms with E-state index < -0.39 is 18.3 Å². The summed E-state index contributed by atoms with van der Waals surface area (Å²) >= 11 is 0. The van der Waals surface area contributed by atoms with Crippen molar-refractivity contribution in [3.05, 3.63) is 258 Å². The number of ether oxygens (including phenoxy) is 6. The van der Waals surface area contributed by atoms with Gasteiger partial charge >= 0.3 is 0 Å². The van der Waals surface area contributed by atoms with Gasteiger partial charge in [-0.05, 0) is 113 Å². The van der Waals surface area contributed by atoms with E-state index in [0.29, 0.717) is 34.5 Å². The van der Waals surface area contributed by atoms with Gasteiger partial charge in [-0.25, -0.2) is 18.7 Å². The number of para-hydroxylation sites is 10. The Morgan fingerprint density at radius 2 is 0.455 bits per heavy atom. The molecule has 0 fully saturated rings. The maximum Gasteiger partial charge on any atom is 0.295 e. The highest BCUT2D eigenvalue weighted by atomic mass is 16.5. The molecule has 0 amide bonds. The first-order valence-electron chi connectivity index (χ1n) is 35.2. The van der Waals surface area contributed by atoms with Gasteiger partial charge in [0.2, 0.25) is 0 Å². The Hall–Kier alpha value is -11.7. The molecule has 4 aromatic heterocycles. The molecule has 28 heteroatoms. The van der Waals surface area contributed by atoms with E-state index in [-0.39, 0.29) is 61.9 Å². The van der Waals surface area contributed by atoms with E-state index in [2.05, 4.69) is 0 Å². The molecular formula is C82H110N12O16. The lowest BCUT2D eigenvalue weighted by molar-refractivity contribution is 0.0527. The number of methoxy groups -OCH3 is 3. The van der Waals surface area contributed by atoms with Crippen LogP contribution in [0, 0.1) is 27.7 Å². The molecule has 7 aromatic carbocycles. The number of anilines is 4. The Kier molecular flexibility index (Phi) is 35.6. The van der Waals surface area contributed by atoms with E-state index in [0.717, 1.165) is 68.3 Å². The zero-order valence-corrected chi connectivity index (χ0v) is 66.6. The van der Waals surface area contributed by atoms with Crippen LogP contribution in [0.4, 0.5) is 22.7 Å². The fraction of sp³-hybridized carbons (Fsp3) is 0.341. The Bertz CT molecular complexity index is 4240. The minimum Gasteiger partial charge on any atom is -0.493 e. The largest absolute Gasteiger partial charge is 0.493 e. The number of rotatable bonds is 23. The minimum absolute atomic E-state index is 0.0150. The summed E-state index contributed by atoms with van der Waals surface area (Å²) in [6.45, 7) is 7.04. The van der Waals surface area contributed by atoms with Crippen LogP contribution in [0.25, 0.3) is 22.7 Å². The van der Waals surface area contributed by atoms with E-state index in [9.17, 15) is 19.2 Å². The SMILES string of the molecule is COc1ccccc1OCC(O)CO.COc1ccccc1OCC(O)CO.COc1ccccc1OCC(O)CO.Cc1c(N(C)C)c(=O)n(-c2ccccc2)n1C.Cc1c(N(C)C)c(=O)n(-c2ccccc2)n1C.Cc1c(N(C)C)c(=O)n(-c2ccccc2)n1C.Cc1c(N(C)C)c(=O)n(-c2ccccc2)n1C. The van der Waals surface area contributed by atoms with E-state index in [1.165, 1.54) is 0 Å². The lowest BCUT2D eigenvalue weighted by Gasteiger charge is -2.12. The molecule has 3 unspecified atom stereocenters. The quantitative estimate of drug-likeness (QED) is 0.0361. The lowest BCUT2D eigenvalue weighted by atomic mass is 10.3. The Morgan fingerprint density at radius 3 is 0.600 bits per heavy atom. The summed E-state index contributed by atoms with van der Waals surface area (Å²) in [5, 5.41) is 52.9. The molecule has 28 nitrogen and oxygen atoms in total. The summed E-state index contributed by atoms with van der Waals surface area (Å²) in [5.74, 6) is 3.50. The van der Waals surface area contributed by atoms with Gasteiger partial charge in [-0.1, -0.05) is 109 Å². The van der Waals surface area contributed by atoms with Gasteiger partial charge in [0.15, 0.2) is 34.5 Å². The zero-order chi connectivity index (χ0) is 81.5. The number of nitrogens with zero attached hydrogens (tertiary/aromatic N) is 12. The van der Waals surface area contributed by atoms with Crippen molar-refractivity contribution in [3.8, 4) is 57.2 Å². The average Bonchev–Trinajstić information content (AvgIpc) is 1.65. The maximum atomic E-state index is 12.4. The van der Waals surface area contributed by atoms with Crippen LogP contribution < -0.4 is 70.3 Å². The van der Waals surface area contributed by atoms with Crippen molar-refractivity contribution in [2.24, 2.45) is 28.2 Å². The van der Waals surface area contributed by atoms with Crippen molar-refractivity contribution in [1.29, 1.82) is 0 Å². The normalized spacial score (nSPS) is 11.2. The molecule has 3 atom stereocenters. The van der Waals surface area contributed by atoms with Crippen LogP contribution in [0.15, 0.2) is 213 Å². The van der Waals surface area contributed by atoms with Gasteiger partial charge in [0.1, 0.15) is 60.9 Å². The topological polar surface area (TPSA) is 297 Å². The van der Waals surface area contributed by atoms with Gasteiger partial charge in [0.05, 0.1) is 86.7 Å². The summed E-state index contributed by atoms with van der Waals surface area (Å²) in [5.41, 5.74) is 10.4. The van der Waals surface area contributed by atoms with Crippen LogP contribution in [0.2, 0.25) is 0 Å². The van der Waals surface area contributed by atoms with Crippen molar-refractivity contribution in [1.82, 2.24) is 37.5 Å². The highest BCUT2D eigenvalue weighted by Crippen LogP contribution is 2.29. The van der Waals surface area contributed by atoms with E-state index >= 15 is 0 Å². The first-order chi connectivity index (χ1) is 52.5. The molecule has 594 valence electrons. The van der Waals surface area contributed by atoms with Crippen molar-refractivity contribution < 1.29 is 59.1 Å². The van der Waals surface area contributed by atoms with E-state index in [4.69, 9.17) is 59.1 Å². The molecule has 0 aliphatic carbocycles. The lowest BCUT2D eigenvalue weighted by Crippen LogP contribution is -2.23. The zero-order valence-electron chi connectivity index (χ0n) is 66.6. The molecule has 0 aliphatic heterocycles. The van der Waals surface area contributed by atoms with Crippen molar-refractivity contribution >= 4 is 22.7 Å². The summed E-state index contributed by atoms with van der Waals surface area (Å²) < 4.78 is 45.1. The standard InChI is InChI=1S/4C13H17N3O.3C10H14O4/c4*1-10-12(14(2)3)13(17)16(15(10)4)11-8-6-5-7-9-11;3*1-13-9-4-2-3-5-10(9)14-7-8(12)6-11/h4*5-9H,1-4H3;3*2-5,8,11-12H,6-7H2,1H3. The predicted octanol–water partition coefficient (Wildman–Crippen LogP) is 7.48. The number of aliphatic hydroxyl groups excluding tert-OH is 6. The van der Waals surface area contributed by atoms with Gasteiger partial charge in [-0.3, -0.25) is 37.9 Å². The van der Waals surface area contributed by atoms with Gasteiger partial charge < -0.3 is 78.7 Å². The van der Waals surface area contributed by atoms with Crippen LogP contribution in [0.3, 0.4) is 0 Å². The molecule has 11 rings (SSSR count). The van der Waals surface area contributed by atoms with E-state index in [1.807, 2.05) is 308 Å². The van der Waals surface area contributed by atoms with Gasteiger partial charge in [0, 0.05) is 84.6 Å². The van der Waals surface area contributed by atoms with E-state index in [1.54, 1.807) is 76.5 Å². The smallest absolute Gasteiger partial charge is 0.295 e. The molecule has 11 aromatic rings. The van der Waals surface area contributed by atoms with Crippen molar-refractivity contribution in [2.45, 2.75) is 46.0 Å². The molecule has 0 aliphatic rings. The molecule has 0 spiro atoms. The van der Waals surface area contributed by atoms with Crippen LogP contribution in [-0.4, -0.2) is 204 Å². The van der Waals surface area contributed by atoms with Gasteiger partial charge in [0.25, 0.3) is 22.2 Å². The summed E-state index contributed by atoms with van der Waals surface area (Å²) in [4.78, 5) is 56.8. The number of hydrogen-bond acceptors (Lipinski definition) is 20. The second-order valence-corrected chi connectivity index (χ2v) is 25.6. The highest BCUT2D eigenvalue weighted by molar-refractivity contribution is 5.54. The van der Waals surface area contributed by atoms with Gasteiger partial charge in [-0.2, -0.15) is 0 Å². The van der Waals surface area contributed by atoms with Crippen molar-refractivity contribution in [3.63, 3.8) is 0 Å². The summed E-state index contributed by atoms with van der Waals surface area (Å²) in [6.07, 6.45) is -2.58. The third kappa shape index (κ3) is 23.7. The summed E-state index contributed by atoms with van der Waals surface area (Å²) in [7, 11) is 27.3. The molecule has 0 radical (unpaired) electrons. The molecule has 0 saturated heterocycles. The number of hydrogen-bond donors (Lipinski definition) is 6. The second-order valence-electron chi connectivity index (χ2n) is 25.6. The first kappa shape index (κ1) is 89.0. The minimum atomic E-state index is -0.861.